The molecule has 2 N–H and O–H groups in total. The number of halogens is 3. The van der Waals surface area contributed by atoms with E-state index in [1.165, 1.54) is 4.57 Å². The molecule has 1 atom stereocenters. The normalized spacial score (nSPS) is 15.5. The van der Waals surface area contributed by atoms with Gasteiger partial charge in [-0.2, -0.15) is 13.2 Å². The van der Waals surface area contributed by atoms with Crippen molar-refractivity contribution < 1.29 is 13.2 Å². The lowest BCUT2D eigenvalue weighted by Crippen LogP contribution is -2.37. The lowest BCUT2D eigenvalue weighted by atomic mass is 9.96. The highest BCUT2D eigenvalue weighted by Crippen LogP contribution is 2.29. The van der Waals surface area contributed by atoms with Gasteiger partial charge in [0, 0.05) is 0 Å². The van der Waals surface area contributed by atoms with E-state index < -0.39 is 18.3 Å². The van der Waals surface area contributed by atoms with Gasteiger partial charge in [-0.3, -0.25) is 0 Å². The predicted octanol–water partition coefficient (Wildman–Crippen LogP) is 3.57. The Bertz CT molecular complexity index is 599. The van der Waals surface area contributed by atoms with Gasteiger partial charge in [-0.15, -0.1) is 0 Å². The van der Waals surface area contributed by atoms with Gasteiger partial charge in [-0.1, -0.05) is 25.5 Å². The summed E-state index contributed by atoms with van der Waals surface area (Å²) < 4.78 is 39.6. The molecule has 0 saturated heterocycles. The first kappa shape index (κ1) is 14.8. The molecule has 1 aromatic carbocycles. The standard InChI is InChI=1S/C14H18F3N3/c1-3-8-13(2,18)12-19-10-6-4-5-7-11(10)20(12)9-14(15,16)17/h4-7H,3,8-9,18H2,1-2H3. The van der Waals surface area contributed by atoms with Crippen LogP contribution < -0.4 is 5.73 Å². The van der Waals surface area contributed by atoms with Crippen molar-refractivity contribution in [2.45, 2.75) is 44.9 Å². The van der Waals surface area contributed by atoms with Crippen LogP contribution in [0.15, 0.2) is 24.3 Å². The molecule has 0 radical (unpaired) electrons. The number of imidazole rings is 1. The summed E-state index contributed by atoms with van der Waals surface area (Å²) in [6.07, 6.45) is -2.95. The molecule has 1 heterocycles. The number of benzene rings is 1. The zero-order valence-electron chi connectivity index (χ0n) is 11.5. The first-order chi connectivity index (χ1) is 9.24. The summed E-state index contributed by atoms with van der Waals surface area (Å²) in [5.74, 6) is 0.290. The molecule has 0 bridgehead atoms. The minimum absolute atomic E-state index is 0.290. The average Bonchev–Trinajstić information content (AvgIpc) is 2.67. The third kappa shape index (κ3) is 2.95. The molecule has 0 amide bonds. The molecule has 110 valence electrons. The molecule has 2 aromatic rings. The number of fused-ring (bicyclic) bond motifs is 1. The fraction of sp³-hybridized carbons (Fsp3) is 0.500. The third-order valence-electron chi connectivity index (χ3n) is 3.27. The molecule has 0 aliphatic rings. The lowest BCUT2D eigenvalue weighted by Gasteiger charge is -2.25. The Morgan fingerprint density at radius 3 is 2.50 bits per heavy atom. The van der Waals surface area contributed by atoms with Crippen LogP contribution in [0, 0.1) is 0 Å². The van der Waals surface area contributed by atoms with Crippen LogP contribution in [0.2, 0.25) is 0 Å². The second-order valence-electron chi connectivity index (χ2n) is 5.29. The SMILES string of the molecule is CCCC(C)(N)c1nc2ccccc2n1CC(F)(F)F. The summed E-state index contributed by atoms with van der Waals surface area (Å²) >= 11 is 0. The highest BCUT2D eigenvalue weighted by atomic mass is 19.4. The van der Waals surface area contributed by atoms with Gasteiger partial charge >= 0.3 is 6.18 Å². The zero-order valence-corrected chi connectivity index (χ0v) is 11.5. The molecule has 3 nitrogen and oxygen atoms in total. The minimum Gasteiger partial charge on any atom is -0.319 e. The van der Waals surface area contributed by atoms with Crippen LogP contribution in [0.25, 0.3) is 11.0 Å². The molecule has 6 heteroatoms. The number of nitrogens with two attached hydrogens (primary N) is 1. The van der Waals surface area contributed by atoms with Crippen LogP contribution in [0.3, 0.4) is 0 Å². The molecule has 0 spiro atoms. The predicted molar refractivity (Wildman–Crippen MR) is 72.2 cm³/mol. The lowest BCUT2D eigenvalue weighted by molar-refractivity contribution is -0.140. The largest absolute Gasteiger partial charge is 0.406 e. The van der Waals surface area contributed by atoms with Gasteiger partial charge in [0.05, 0.1) is 16.6 Å². The van der Waals surface area contributed by atoms with Gasteiger partial charge in [0.2, 0.25) is 0 Å². The minimum atomic E-state index is -4.31. The quantitative estimate of drug-likeness (QED) is 0.933. The zero-order chi connectivity index (χ0) is 15.0. The molecule has 2 rings (SSSR count). The Morgan fingerprint density at radius 2 is 1.90 bits per heavy atom. The van der Waals surface area contributed by atoms with Crippen molar-refractivity contribution in [1.29, 1.82) is 0 Å². The van der Waals surface area contributed by atoms with Crippen LogP contribution >= 0.6 is 0 Å². The van der Waals surface area contributed by atoms with Gasteiger partial charge in [0.1, 0.15) is 12.4 Å². The van der Waals surface area contributed by atoms with Crippen LogP contribution in [0.1, 0.15) is 32.5 Å². The third-order valence-corrected chi connectivity index (χ3v) is 3.27. The fourth-order valence-corrected chi connectivity index (χ4v) is 2.48. The second kappa shape index (κ2) is 5.09. The van der Waals surface area contributed by atoms with E-state index in [1.54, 1.807) is 31.2 Å². The number of alkyl halides is 3. The van der Waals surface area contributed by atoms with E-state index >= 15 is 0 Å². The van der Waals surface area contributed by atoms with E-state index in [9.17, 15) is 13.2 Å². The molecule has 0 saturated carbocycles. The van der Waals surface area contributed by atoms with E-state index in [4.69, 9.17) is 5.73 Å². The Labute approximate surface area is 115 Å². The monoisotopic (exact) mass is 285 g/mol. The van der Waals surface area contributed by atoms with E-state index in [-0.39, 0.29) is 5.82 Å². The van der Waals surface area contributed by atoms with Crippen molar-refractivity contribution >= 4 is 11.0 Å². The summed E-state index contributed by atoms with van der Waals surface area (Å²) in [4.78, 5) is 4.33. The van der Waals surface area contributed by atoms with Crippen LogP contribution in [0.4, 0.5) is 13.2 Å². The molecule has 0 aliphatic heterocycles. The van der Waals surface area contributed by atoms with Crippen molar-refractivity contribution in [3.05, 3.63) is 30.1 Å². The summed E-state index contributed by atoms with van der Waals surface area (Å²) in [7, 11) is 0. The molecule has 1 unspecified atom stereocenters. The Balaban J connectivity index is 2.61. The molecule has 0 fully saturated rings. The molecular formula is C14H18F3N3. The van der Waals surface area contributed by atoms with Crippen molar-refractivity contribution in [2.24, 2.45) is 5.73 Å². The first-order valence-electron chi connectivity index (χ1n) is 6.56. The van der Waals surface area contributed by atoms with Crippen LogP contribution in [0.5, 0.6) is 0 Å². The second-order valence-corrected chi connectivity index (χ2v) is 5.29. The maximum absolute atomic E-state index is 12.8. The molecule has 20 heavy (non-hydrogen) atoms. The van der Waals surface area contributed by atoms with Gasteiger partial charge in [0.25, 0.3) is 0 Å². The molecule has 0 aliphatic carbocycles. The first-order valence-corrected chi connectivity index (χ1v) is 6.56. The highest BCUT2D eigenvalue weighted by Gasteiger charge is 2.34. The fourth-order valence-electron chi connectivity index (χ4n) is 2.48. The summed E-state index contributed by atoms with van der Waals surface area (Å²) in [6.45, 7) is 2.60. The molecule has 1 aromatic heterocycles. The van der Waals surface area contributed by atoms with Gasteiger partial charge < -0.3 is 10.3 Å². The number of hydrogen-bond acceptors (Lipinski definition) is 2. The Morgan fingerprint density at radius 1 is 1.25 bits per heavy atom. The van der Waals surface area contributed by atoms with E-state index in [2.05, 4.69) is 4.98 Å². The van der Waals surface area contributed by atoms with Gasteiger partial charge in [-0.25, -0.2) is 4.98 Å². The van der Waals surface area contributed by atoms with Gasteiger partial charge in [0.15, 0.2) is 0 Å². The van der Waals surface area contributed by atoms with Crippen molar-refractivity contribution in [2.75, 3.05) is 0 Å². The smallest absolute Gasteiger partial charge is 0.319 e. The number of para-hydroxylation sites is 2. The summed E-state index contributed by atoms with van der Waals surface area (Å²) in [5.41, 5.74) is 6.31. The van der Waals surface area contributed by atoms with Crippen molar-refractivity contribution in [3.63, 3.8) is 0 Å². The number of rotatable bonds is 4. The maximum atomic E-state index is 12.8. The Kier molecular flexibility index (Phi) is 3.77. The van der Waals surface area contributed by atoms with Gasteiger partial charge in [-0.05, 0) is 25.5 Å². The van der Waals surface area contributed by atoms with E-state index in [0.717, 1.165) is 6.42 Å². The summed E-state index contributed by atoms with van der Waals surface area (Å²) in [5, 5.41) is 0. The summed E-state index contributed by atoms with van der Waals surface area (Å²) in [6, 6.07) is 6.80. The van der Waals surface area contributed by atoms with Crippen molar-refractivity contribution in [3.8, 4) is 0 Å². The number of hydrogen-bond donors (Lipinski definition) is 1. The maximum Gasteiger partial charge on any atom is 0.406 e. The number of aromatic nitrogens is 2. The topological polar surface area (TPSA) is 43.8 Å². The van der Waals surface area contributed by atoms with E-state index in [0.29, 0.717) is 17.5 Å². The Hall–Kier alpha value is -1.56. The molecular weight excluding hydrogens is 267 g/mol. The average molecular weight is 285 g/mol. The van der Waals surface area contributed by atoms with Crippen LogP contribution in [-0.2, 0) is 12.1 Å². The van der Waals surface area contributed by atoms with Crippen molar-refractivity contribution in [1.82, 2.24) is 9.55 Å². The van der Waals surface area contributed by atoms with E-state index in [1.807, 2.05) is 6.92 Å². The highest BCUT2D eigenvalue weighted by molar-refractivity contribution is 5.76. The van der Waals surface area contributed by atoms with Crippen LogP contribution in [-0.4, -0.2) is 15.7 Å². The number of nitrogens with zero attached hydrogens (tertiary/aromatic N) is 2.